The predicted octanol–water partition coefficient (Wildman–Crippen LogP) is 1.41. The number of esters is 1. The van der Waals surface area contributed by atoms with Gasteiger partial charge in [0.2, 0.25) is 0 Å². The summed E-state index contributed by atoms with van der Waals surface area (Å²) in [4.78, 5) is 10.4. The van der Waals surface area contributed by atoms with Crippen LogP contribution in [0.15, 0.2) is 24.3 Å². The molecule has 0 heterocycles. The molecule has 0 aliphatic rings. The van der Waals surface area contributed by atoms with Crippen LogP contribution in [0.1, 0.15) is 6.92 Å². The normalized spacial score (nSPS) is 8.09. The minimum absolute atomic E-state index is 0. The molecule has 2 nitrogen and oxygen atoms in total. The second-order valence-electron chi connectivity index (χ2n) is 1.83. The Labute approximate surface area is 79.2 Å². The van der Waals surface area contributed by atoms with Gasteiger partial charge in [-0.3, -0.25) is 4.79 Å². The molecule has 0 aliphatic heterocycles. The fourth-order valence-corrected chi connectivity index (χ4v) is 0.606. The van der Waals surface area contributed by atoms with Crippen molar-refractivity contribution in [3.05, 3.63) is 30.3 Å². The molecule has 1 rings (SSSR count). The van der Waals surface area contributed by atoms with E-state index in [1.165, 1.54) is 6.92 Å². The first-order valence-corrected chi connectivity index (χ1v) is 2.93. The molecule has 0 spiro atoms. The van der Waals surface area contributed by atoms with Gasteiger partial charge in [0.1, 0.15) is 0 Å². The molecule has 1 aromatic carbocycles. The SMILES string of the molecule is CC(=O)Oc1cc[c-]cc1.[Re]. The Bertz CT molecular complexity index is 221. The van der Waals surface area contributed by atoms with Gasteiger partial charge < -0.3 is 4.74 Å². The summed E-state index contributed by atoms with van der Waals surface area (Å²) in [7, 11) is 0. The fraction of sp³-hybridized carbons (Fsp3) is 0.125. The van der Waals surface area contributed by atoms with E-state index in [0.29, 0.717) is 5.75 Å². The smallest absolute Gasteiger partial charge is 0.305 e. The molecule has 0 bridgehead atoms. The molecule has 1 aromatic rings. The van der Waals surface area contributed by atoms with Crippen molar-refractivity contribution in [2.75, 3.05) is 0 Å². The zero-order valence-corrected chi connectivity index (χ0v) is 8.72. The summed E-state index contributed by atoms with van der Waals surface area (Å²) in [6.45, 7) is 1.37. The molecule has 1 radical (unpaired) electrons. The van der Waals surface area contributed by atoms with Crippen LogP contribution in [0.5, 0.6) is 5.75 Å². The second-order valence-corrected chi connectivity index (χ2v) is 1.83. The van der Waals surface area contributed by atoms with Gasteiger partial charge in [-0.1, -0.05) is 0 Å². The zero-order valence-electron chi connectivity index (χ0n) is 6.00. The van der Waals surface area contributed by atoms with Gasteiger partial charge in [-0.2, -0.15) is 18.2 Å². The summed E-state index contributed by atoms with van der Waals surface area (Å²) in [5.41, 5.74) is 0. The van der Waals surface area contributed by atoms with E-state index in [9.17, 15) is 4.79 Å². The van der Waals surface area contributed by atoms with Crippen molar-refractivity contribution in [1.29, 1.82) is 0 Å². The average molecular weight is 321 g/mol. The maximum atomic E-state index is 10.4. The minimum atomic E-state index is -0.300. The van der Waals surface area contributed by atoms with Crippen LogP contribution in [0.4, 0.5) is 0 Å². The summed E-state index contributed by atoms with van der Waals surface area (Å²) >= 11 is 0. The molecule has 11 heavy (non-hydrogen) atoms. The summed E-state index contributed by atoms with van der Waals surface area (Å²) in [5.74, 6) is 0.262. The molecule has 59 valence electrons. The van der Waals surface area contributed by atoms with Crippen LogP contribution < -0.4 is 4.74 Å². The van der Waals surface area contributed by atoms with Gasteiger partial charge in [0, 0.05) is 33.1 Å². The molecule has 0 amide bonds. The number of hydrogen-bond acceptors (Lipinski definition) is 2. The van der Waals surface area contributed by atoms with Crippen LogP contribution in [-0.4, -0.2) is 5.97 Å². The van der Waals surface area contributed by atoms with Crippen molar-refractivity contribution in [1.82, 2.24) is 0 Å². The summed E-state index contributed by atoms with van der Waals surface area (Å²) in [6.07, 6.45) is 0. The second kappa shape index (κ2) is 5.06. The molecule has 3 heteroatoms. The van der Waals surface area contributed by atoms with Gasteiger partial charge in [-0.25, -0.2) is 0 Å². The van der Waals surface area contributed by atoms with E-state index >= 15 is 0 Å². The third-order valence-corrected chi connectivity index (χ3v) is 0.949. The quantitative estimate of drug-likeness (QED) is 0.444. The van der Waals surface area contributed by atoms with Gasteiger partial charge in [0.25, 0.3) is 0 Å². The van der Waals surface area contributed by atoms with Gasteiger partial charge in [-0.05, 0) is 0 Å². The number of ether oxygens (including phenoxy) is 1. The van der Waals surface area contributed by atoms with E-state index < -0.39 is 0 Å². The van der Waals surface area contributed by atoms with Crippen LogP contribution in [0.2, 0.25) is 0 Å². The Balaban J connectivity index is 0.000001000. The number of benzene rings is 1. The summed E-state index contributed by atoms with van der Waals surface area (Å²) < 4.78 is 4.76. The maximum absolute atomic E-state index is 10.4. The Kier molecular flexibility index (Phi) is 4.76. The number of carbonyl (C=O) groups excluding carboxylic acids is 1. The Morgan fingerprint density at radius 1 is 1.45 bits per heavy atom. The third-order valence-electron chi connectivity index (χ3n) is 0.949. The third kappa shape index (κ3) is 3.92. The Hall–Kier alpha value is -0.648. The van der Waals surface area contributed by atoms with Crippen LogP contribution in [-0.2, 0) is 25.2 Å². The molecule has 0 N–H and O–H groups in total. The standard InChI is InChI=1S/C8H7O2.Re/c1-7(9)10-8-5-3-2-4-6-8;/h3-6H,1H3;/q-1;. The average Bonchev–Trinajstić information content (AvgIpc) is 1.88. The van der Waals surface area contributed by atoms with Crippen molar-refractivity contribution in [2.24, 2.45) is 0 Å². The van der Waals surface area contributed by atoms with Gasteiger partial charge >= 0.3 is 5.97 Å². The molecule has 0 atom stereocenters. The van der Waals surface area contributed by atoms with Crippen LogP contribution in [0.3, 0.4) is 0 Å². The molecule has 0 saturated heterocycles. The van der Waals surface area contributed by atoms with Gasteiger partial charge in [0.05, 0.1) is 0 Å². The fourth-order valence-electron chi connectivity index (χ4n) is 0.606. The molecular formula is C8H7O2Re-. The molecule has 0 aliphatic carbocycles. The van der Waals surface area contributed by atoms with E-state index in [1.807, 2.05) is 0 Å². The summed E-state index contributed by atoms with van der Waals surface area (Å²) in [5, 5.41) is 0. The van der Waals surface area contributed by atoms with E-state index in [4.69, 9.17) is 4.74 Å². The topological polar surface area (TPSA) is 26.3 Å². The van der Waals surface area contributed by atoms with E-state index in [0.717, 1.165) is 0 Å². The molecular weight excluding hydrogens is 314 g/mol. The number of rotatable bonds is 1. The molecule has 0 unspecified atom stereocenters. The van der Waals surface area contributed by atoms with Gasteiger partial charge in [-0.15, -0.1) is 12.1 Å². The first kappa shape index (κ1) is 10.4. The van der Waals surface area contributed by atoms with Crippen molar-refractivity contribution in [3.8, 4) is 5.75 Å². The monoisotopic (exact) mass is 322 g/mol. The first-order valence-electron chi connectivity index (χ1n) is 2.93. The zero-order chi connectivity index (χ0) is 7.40. The Morgan fingerprint density at radius 2 is 2.00 bits per heavy atom. The molecule has 0 fully saturated rings. The van der Waals surface area contributed by atoms with E-state index in [-0.39, 0.29) is 26.4 Å². The molecule has 0 aromatic heterocycles. The van der Waals surface area contributed by atoms with E-state index in [1.54, 1.807) is 24.3 Å². The van der Waals surface area contributed by atoms with Crippen molar-refractivity contribution in [2.45, 2.75) is 6.92 Å². The predicted molar refractivity (Wildman–Crippen MR) is 36.6 cm³/mol. The first-order chi connectivity index (χ1) is 4.79. The van der Waals surface area contributed by atoms with Crippen LogP contribution >= 0.6 is 0 Å². The van der Waals surface area contributed by atoms with E-state index in [2.05, 4.69) is 6.07 Å². The van der Waals surface area contributed by atoms with Crippen molar-refractivity contribution < 1.29 is 30.0 Å². The number of carbonyl (C=O) groups is 1. The van der Waals surface area contributed by atoms with Crippen molar-refractivity contribution in [3.63, 3.8) is 0 Å². The van der Waals surface area contributed by atoms with Crippen LogP contribution in [0, 0.1) is 6.07 Å². The van der Waals surface area contributed by atoms with Crippen molar-refractivity contribution >= 4 is 5.97 Å². The number of hydrogen-bond donors (Lipinski definition) is 0. The summed E-state index contributed by atoms with van der Waals surface area (Å²) in [6, 6.07) is 9.56. The van der Waals surface area contributed by atoms with Crippen LogP contribution in [0.25, 0.3) is 0 Å². The molecule has 0 saturated carbocycles. The Morgan fingerprint density at radius 3 is 2.45 bits per heavy atom. The minimum Gasteiger partial charge on any atom is -0.453 e. The maximum Gasteiger partial charge on any atom is 0.305 e. The largest absolute Gasteiger partial charge is 0.453 e. The van der Waals surface area contributed by atoms with Gasteiger partial charge in [0.15, 0.2) is 0 Å².